The number of benzene rings is 1. The van der Waals surface area contributed by atoms with E-state index in [0.717, 1.165) is 12.1 Å². The van der Waals surface area contributed by atoms with Gasteiger partial charge in [-0.3, -0.25) is 0 Å². The molecule has 0 saturated heterocycles. The van der Waals surface area contributed by atoms with Gasteiger partial charge < -0.3 is 16.2 Å². The first-order valence-corrected chi connectivity index (χ1v) is 6.64. The van der Waals surface area contributed by atoms with Crippen molar-refractivity contribution in [1.82, 2.24) is 5.32 Å². The SMILES string of the molecule is CC(CO)C(C)NC(CN)c1ccc(F)c(C(F)(F)F)c1. The van der Waals surface area contributed by atoms with Crippen LogP contribution in [0.25, 0.3) is 0 Å². The summed E-state index contributed by atoms with van der Waals surface area (Å²) in [5.41, 5.74) is 4.56. The molecule has 3 nitrogen and oxygen atoms in total. The summed E-state index contributed by atoms with van der Waals surface area (Å²) in [6.07, 6.45) is -4.75. The van der Waals surface area contributed by atoms with Crippen LogP contribution in [-0.4, -0.2) is 24.3 Å². The quantitative estimate of drug-likeness (QED) is 0.708. The van der Waals surface area contributed by atoms with Crippen LogP contribution in [0.1, 0.15) is 31.0 Å². The van der Waals surface area contributed by atoms with Gasteiger partial charge in [0.15, 0.2) is 0 Å². The lowest BCUT2D eigenvalue weighted by Crippen LogP contribution is -2.39. The van der Waals surface area contributed by atoms with Crippen molar-refractivity contribution in [2.45, 2.75) is 32.1 Å². The second kappa shape index (κ2) is 7.20. The number of hydrogen-bond acceptors (Lipinski definition) is 3. The maximum absolute atomic E-state index is 13.3. The molecule has 0 saturated carbocycles. The van der Waals surface area contributed by atoms with Gasteiger partial charge in [0.1, 0.15) is 5.82 Å². The first-order valence-electron chi connectivity index (χ1n) is 6.64. The molecule has 0 aliphatic carbocycles. The van der Waals surface area contributed by atoms with Crippen molar-refractivity contribution in [1.29, 1.82) is 0 Å². The van der Waals surface area contributed by atoms with E-state index in [2.05, 4.69) is 5.32 Å². The fraction of sp³-hybridized carbons (Fsp3) is 0.571. The number of aliphatic hydroxyl groups is 1. The molecule has 21 heavy (non-hydrogen) atoms. The first-order chi connectivity index (χ1) is 9.70. The van der Waals surface area contributed by atoms with Crippen LogP contribution in [-0.2, 0) is 6.18 Å². The van der Waals surface area contributed by atoms with Crippen LogP contribution in [0, 0.1) is 11.7 Å². The van der Waals surface area contributed by atoms with Gasteiger partial charge in [0, 0.05) is 25.2 Å². The lowest BCUT2D eigenvalue weighted by atomic mass is 9.99. The molecular weight excluding hydrogens is 288 g/mol. The largest absolute Gasteiger partial charge is 0.419 e. The predicted molar refractivity (Wildman–Crippen MR) is 72.0 cm³/mol. The lowest BCUT2D eigenvalue weighted by Gasteiger charge is -2.26. The molecule has 1 aromatic carbocycles. The van der Waals surface area contributed by atoms with Crippen molar-refractivity contribution in [3.8, 4) is 0 Å². The summed E-state index contributed by atoms with van der Waals surface area (Å²) in [5, 5.41) is 12.1. The Kier molecular flexibility index (Phi) is 6.12. The number of nitrogens with one attached hydrogen (secondary N) is 1. The summed E-state index contributed by atoms with van der Waals surface area (Å²) >= 11 is 0. The third-order valence-corrected chi connectivity index (χ3v) is 3.54. The number of hydrogen-bond donors (Lipinski definition) is 3. The van der Waals surface area contributed by atoms with E-state index in [-0.39, 0.29) is 30.7 Å². The highest BCUT2D eigenvalue weighted by molar-refractivity contribution is 5.29. The Balaban J connectivity index is 3.01. The van der Waals surface area contributed by atoms with Gasteiger partial charge in [0.25, 0.3) is 0 Å². The topological polar surface area (TPSA) is 58.3 Å². The molecule has 0 spiro atoms. The van der Waals surface area contributed by atoms with Crippen LogP contribution >= 0.6 is 0 Å². The zero-order valence-corrected chi connectivity index (χ0v) is 11.9. The molecule has 0 aliphatic rings. The molecule has 1 rings (SSSR count). The van der Waals surface area contributed by atoms with Crippen LogP contribution < -0.4 is 11.1 Å². The average molecular weight is 308 g/mol. The van der Waals surface area contributed by atoms with Gasteiger partial charge in [0.2, 0.25) is 0 Å². The number of halogens is 4. The Hall–Kier alpha value is -1.18. The van der Waals surface area contributed by atoms with Crippen LogP contribution in [0.4, 0.5) is 17.6 Å². The Morgan fingerprint density at radius 2 is 1.90 bits per heavy atom. The summed E-state index contributed by atoms with van der Waals surface area (Å²) < 4.78 is 51.4. The lowest BCUT2D eigenvalue weighted by molar-refractivity contribution is -0.140. The normalized spacial score (nSPS) is 16.6. The minimum absolute atomic E-state index is 0.0529. The molecule has 4 N–H and O–H groups in total. The molecule has 7 heteroatoms. The first kappa shape index (κ1) is 17.9. The fourth-order valence-corrected chi connectivity index (χ4v) is 1.92. The smallest absolute Gasteiger partial charge is 0.396 e. The highest BCUT2D eigenvalue weighted by Crippen LogP contribution is 2.33. The van der Waals surface area contributed by atoms with Crippen molar-refractivity contribution >= 4 is 0 Å². The van der Waals surface area contributed by atoms with Crippen molar-refractivity contribution in [2.75, 3.05) is 13.2 Å². The third kappa shape index (κ3) is 4.66. The minimum atomic E-state index is -4.75. The van der Waals surface area contributed by atoms with E-state index in [1.807, 2.05) is 0 Å². The van der Waals surface area contributed by atoms with Crippen molar-refractivity contribution < 1.29 is 22.7 Å². The summed E-state index contributed by atoms with van der Waals surface area (Å²) in [6.45, 7) is 3.61. The number of alkyl halides is 3. The predicted octanol–water partition coefficient (Wildman–Crippen LogP) is 2.45. The van der Waals surface area contributed by atoms with E-state index in [0.29, 0.717) is 0 Å². The van der Waals surface area contributed by atoms with Crippen molar-refractivity contribution in [2.24, 2.45) is 11.7 Å². The second-order valence-electron chi connectivity index (χ2n) is 5.14. The van der Waals surface area contributed by atoms with Gasteiger partial charge in [-0.1, -0.05) is 13.0 Å². The summed E-state index contributed by atoms with van der Waals surface area (Å²) in [4.78, 5) is 0. The highest BCUT2D eigenvalue weighted by atomic mass is 19.4. The third-order valence-electron chi connectivity index (χ3n) is 3.54. The summed E-state index contributed by atoms with van der Waals surface area (Å²) in [5.74, 6) is -1.39. The number of rotatable bonds is 6. The zero-order valence-electron chi connectivity index (χ0n) is 11.9. The number of nitrogens with two attached hydrogens (primary N) is 1. The highest BCUT2D eigenvalue weighted by Gasteiger charge is 2.34. The molecule has 0 aromatic heterocycles. The average Bonchev–Trinajstić information content (AvgIpc) is 2.43. The molecule has 1 aromatic rings. The molecule has 0 heterocycles. The molecule has 3 unspecified atom stereocenters. The van der Waals surface area contributed by atoms with E-state index in [4.69, 9.17) is 10.8 Å². The Labute approximate surface area is 121 Å². The molecule has 120 valence electrons. The summed E-state index contributed by atoms with van der Waals surface area (Å²) in [6, 6.07) is 2.16. The fourth-order valence-electron chi connectivity index (χ4n) is 1.92. The zero-order chi connectivity index (χ0) is 16.2. The Bertz CT molecular complexity index is 465. The maximum atomic E-state index is 13.3. The van der Waals surface area contributed by atoms with E-state index < -0.39 is 23.6 Å². The molecular formula is C14H20F4N2O. The van der Waals surface area contributed by atoms with Crippen LogP contribution in [0.2, 0.25) is 0 Å². The second-order valence-corrected chi connectivity index (χ2v) is 5.14. The molecule has 0 fully saturated rings. The molecule has 3 atom stereocenters. The van der Waals surface area contributed by atoms with Crippen LogP contribution in [0.5, 0.6) is 0 Å². The molecule has 0 bridgehead atoms. The van der Waals surface area contributed by atoms with Gasteiger partial charge in [0.05, 0.1) is 5.56 Å². The van der Waals surface area contributed by atoms with Gasteiger partial charge in [-0.2, -0.15) is 13.2 Å². The van der Waals surface area contributed by atoms with Gasteiger partial charge >= 0.3 is 6.18 Å². The summed E-state index contributed by atoms with van der Waals surface area (Å²) in [7, 11) is 0. The van der Waals surface area contributed by atoms with Gasteiger partial charge in [-0.15, -0.1) is 0 Å². The molecule has 0 radical (unpaired) electrons. The van der Waals surface area contributed by atoms with Gasteiger partial charge in [-0.05, 0) is 30.5 Å². The standard InChI is InChI=1S/C14H20F4N2O/c1-8(7-21)9(2)20-13(6-19)10-3-4-12(15)11(5-10)14(16,17)18/h3-5,8-9,13,20-21H,6-7,19H2,1-2H3. The van der Waals surface area contributed by atoms with Crippen LogP contribution in [0.15, 0.2) is 18.2 Å². The monoisotopic (exact) mass is 308 g/mol. The molecule has 0 amide bonds. The van der Waals surface area contributed by atoms with Crippen LogP contribution in [0.3, 0.4) is 0 Å². The van der Waals surface area contributed by atoms with Crippen molar-refractivity contribution in [3.63, 3.8) is 0 Å². The van der Waals surface area contributed by atoms with Crippen molar-refractivity contribution in [3.05, 3.63) is 35.1 Å². The van der Waals surface area contributed by atoms with E-state index in [1.165, 1.54) is 6.07 Å². The van der Waals surface area contributed by atoms with E-state index in [1.54, 1.807) is 13.8 Å². The van der Waals surface area contributed by atoms with E-state index in [9.17, 15) is 17.6 Å². The maximum Gasteiger partial charge on any atom is 0.419 e. The Morgan fingerprint density at radius 3 is 2.38 bits per heavy atom. The Morgan fingerprint density at radius 1 is 1.29 bits per heavy atom. The van der Waals surface area contributed by atoms with E-state index >= 15 is 0 Å². The molecule has 0 aliphatic heterocycles. The minimum Gasteiger partial charge on any atom is -0.396 e. The number of aliphatic hydroxyl groups excluding tert-OH is 1. The van der Waals surface area contributed by atoms with Gasteiger partial charge in [-0.25, -0.2) is 4.39 Å².